The molecule has 0 heterocycles. The number of benzene rings is 3. The van der Waals surface area contributed by atoms with Crippen molar-refractivity contribution in [2.45, 2.75) is 26.4 Å². The van der Waals surface area contributed by atoms with Gasteiger partial charge in [0.1, 0.15) is 12.4 Å². The molecule has 0 saturated heterocycles. The number of ether oxygens (including phenoxy) is 1. The minimum Gasteiger partial charge on any atom is -0.488 e. The van der Waals surface area contributed by atoms with Crippen LogP contribution in [0.2, 0.25) is 0 Å². The molecule has 0 atom stereocenters. The van der Waals surface area contributed by atoms with E-state index in [0.29, 0.717) is 18.0 Å². The maximum atomic E-state index is 12.0. The van der Waals surface area contributed by atoms with Crippen LogP contribution >= 0.6 is 15.9 Å². The van der Waals surface area contributed by atoms with Crippen LogP contribution in [0.4, 0.5) is 5.69 Å². The lowest BCUT2D eigenvalue weighted by atomic mass is 10.1. The van der Waals surface area contributed by atoms with Gasteiger partial charge in [0, 0.05) is 28.6 Å². The number of halogens is 1. The summed E-state index contributed by atoms with van der Waals surface area (Å²) in [4.78, 5) is 24.0. The molecule has 3 rings (SSSR count). The minimum atomic E-state index is -0.342. The van der Waals surface area contributed by atoms with Gasteiger partial charge in [0.15, 0.2) is 0 Å². The molecule has 7 heteroatoms. The van der Waals surface area contributed by atoms with Crippen molar-refractivity contribution in [2.24, 2.45) is 5.10 Å². The summed E-state index contributed by atoms with van der Waals surface area (Å²) in [5, 5.41) is 6.75. The number of nitrogens with zero attached hydrogens (tertiary/aromatic N) is 1. The lowest BCUT2D eigenvalue weighted by Gasteiger charge is -2.09. The van der Waals surface area contributed by atoms with Crippen molar-refractivity contribution >= 4 is 39.6 Å². The normalized spacial score (nSPS) is 10.7. The summed E-state index contributed by atoms with van der Waals surface area (Å²) >= 11 is 3.34. The molecule has 0 bridgehead atoms. The Balaban J connectivity index is 1.46. The second kappa shape index (κ2) is 11.8. The highest BCUT2D eigenvalue weighted by Gasteiger charge is 2.07. The smallest absolute Gasteiger partial charge is 0.240 e. The van der Waals surface area contributed by atoms with E-state index in [-0.39, 0.29) is 24.7 Å². The van der Waals surface area contributed by atoms with E-state index in [0.717, 1.165) is 15.6 Å². The van der Waals surface area contributed by atoms with Crippen LogP contribution < -0.4 is 15.5 Å². The van der Waals surface area contributed by atoms with Gasteiger partial charge in [-0.05, 0) is 48.9 Å². The third-order valence-electron chi connectivity index (χ3n) is 4.50. The second-order valence-electron chi connectivity index (χ2n) is 7.16. The number of hydrazone groups is 1. The van der Waals surface area contributed by atoms with Crippen LogP contribution in [0.15, 0.2) is 82.4 Å². The highest BCUT2D eigenvalue weighted by molar-refractivity contribution is 9.10. The molecular weight excluding hydrogens is 470 g/mol. The van der Waals surface area contributed by atoms with Crippen molar-refractivity contribution in [1.29, 1.82) is 0 Å². The number of hydrogen-bond acceptors (Lipinski definition) is 4. The van der Waals surface area contributed by atoms with E-state index in [9.17, 15) is 9.59 Å². The van der Waals surface area contributed by atoms with Crippen molar-refractivity contribution in [3.8, 4) is 5.75 Å². The van der Waals surface area contributed by atoms with E-state index in [1.807, 2.05) is 61.5 Å². The zero-order valence-corrected chi connectivity index (χ0v) is 19.3. The standard InChI is InChI=1S/C25H24BrN3O3/c1-18-5-4-6-19(15-18)17-32-23-8-3-2-7-20(23)16-27-29-25(31)14-13-24(30)28-22-11-9-21(26)10-12-22/h2-12,15-16H,13-14,17H2,1H3,(H,28,30)(H,29,31). The van der Waals surface area contributed by atoms with Gasteiger partial charge in [-0.25, -0.2) is 5.43 Å². The molecule has 0 radical (unpaired) electrons. The molecule has 164 valence electrons. The van der Waals surface area contributed by atoms with Crippen LogP contribution in [0.25, 0.3) is 0 Å². The lowest BCUT2D eigenvalue weighted by molar-refractivity contribution is -0.124. The van der Waals surface area contributed by atoms with Crippen molar-refractivity contribution in [2.75, 3.05) is 5.32 Å². The SMILES string of the molecule is Cc1cccc(COc2ccccc2C=NNC(=O)CCC(=O)Nc2ccc(Br)cc2)c1. The average Bonchev–Trinajstić information content (AvgIpc) is 2.79. The Kier molecular flexibility index (Phi) is 8.57. The first kappa shape index (κ1) is 23.2. The summed E-state index contributed by atoms with van der Waals surface area (Å²) < 4.78 is 6.84. The predicted molar refractivity (Wildman–Crippen MR) is 130 cm³/mol. The predicted octanol–water partition coefficient (Wildman–Crippen LogP) is 5.21. The van der Waals surface area contributed by atoms with Gasteiger partial charge in [-0.3, -0.25) is 9.59 Å². The molecule has 3 aromatic rings. The molecule has 2 amide bonds. The van der Waals surface area contributed by atoms with Crippen LogP contribution in [0, 0.1) is 6.92 Å². The largest absolute Gasteiger partial charge is 0.488 e. The number of amides is 2. The topological polar surface area (TPSA) is 79.8 Å². The molecule has 0 aliphatic carbocycles. The molecule has 0 aromatic heterocycles. The maximum Gasteiger partial charge on any atom is 0.240 e. The van der Waals surface area contributed by atoms with Gasteiger partial charge < -0.3 is 10.1 Å². The first-order valence-electron chi connectivity index (χ1n) is 10.1. The summed E-state index contributed by atoms with van der Waals surface area (Å²) in [5.74, 6) is 0.0904. The van der Waals surface area contributed by atoms with Gasteiger partial charge in [0.2, 0.25) is 11.8 Å². The first-order valence-corrected chi connectivity index (χ1v) is 10.9. The first-order chi connectivity index (χ1) is 15.5. The number of nitrogens with one attached hydrogen (secondary N) is 2. The summed E-state index contributed by atoms with van der Waals surface area (Å²) in [5.41, 5.74) is 6.13. The van der Waals surface area contributed by atoms with E-state index in [4.69, 9.17) is 4.74 Å². The molecule has 0 aliphatic rings. The number of carbonyl (C=O) groups is 2. The summed E-state index contributed by atoms with van der Waals surface area (Å²) in [6, 6.07) is 22.8. The fourth-order valence-corrected chi connectivity index (χ4v) is 3.16. The van der Waals surface area contributed by atoms with E-state index in [1.165, 1.54) is 11.8 Å². The Hall–Kier alpha value is -3.45. The number of aryl methyl sites for hydroxylation is 1. The zero-order valence-electron chi connectivity index (χ0n) is 17.7. The van der Waals surface area contributed by atoms with Gasteiger partial charge in [-0.15, -0.1) is 0 Å². The van der Waals surface area contributed by atoms with E-state index < -0.39 is 0 Å². The summed E-state index contributed by atoms with van der Waals surface area (Å²) in [7, 11) is 0. The van der Waals surface area contributed by atoms with Gasteiger partial charge in [0.25, 0.3) is 0 Å². The summed E-state index contributed by atoms with van der Waals surface area (Å²) in [6.07, 6.45) is 1.63. The van der Waals surface area contributed by atoms with Crippen LogP contribution in [0.1, 0.15) is 29.5 Å². The minimum absolute atomic E-state index is 0.0329. The molecule has 0 fully saturated rings. The van der Waals surface area contributed by atoms with Crippen LogP contribution in [-0.2, 0) is 16.2 Å². The quantitative estimate of drug-likeness (QED) is 0.317. The van der Waals surface area contributed by atoms with Gasteiger partial charge in [-0.2, -0.15) is 5.10 Å². The number of rotatable bonds is 9. The number of carbonyl (C=O) groups excluding carboxylic acids is 2. The second-order valence-corrected chi connectivity index (χ2v) is 8.08. The summed E-state index contributed by atoms with van der Waals surface area (Å²) in [6.45, 7) is 2.48. The van der Waals surface area contributed by atoms with Gasteiger partial charge >= 0.3 is 0 Å². The number of anilines is 1. The molecule has 2 N–H and O–H groups in total. The lowest BCUT2D eigenvalue weighted by Crippen LogP contribution is -2.20. The van der Waals surface area contributed by atoms with Gasteiger partial charge in [0.05, 0.1) is 6.21 Å². The number of para-hydroxylation sites is 1. The molecular formula is C25H24BrN3O3. The van der Waals surface area contributed by atoms with Crippen molar-refractivity contribution in [3.63, 3.8) is 0 Å². The molecule has 6 nitrogen and oxygen atoms in total. The Morgan fingerprint density at radius 3 is 2.50 bits per heavy atom. The monoisotopic (exact) mass is 493 g/mol. The highest BCUT2D eigenvalue weighted by atomic mass is 79.9. The Morgan fingerprint density at radius 1 is 0.969 bits per heavy atom. The zero-order chi connectivity index (χ0) is 22.8. The van der Waals surface area contributed by atoms with E-state index in [1.54, 1.807) is 12.1 Å². The molecule has 0 saturated carbocycles. The maximum absolute atomic E-state index is 12.0. The van der Waals surface area contributed by atoms with Crippen molar-refractivity contribution < 1.29 is 14.3 Å². The van der Waals surface area contributed by atoms with Crippen LogP contribution in [0.5, 0.6) is 5.75 Å². The van der Waals surface area contributed by atoms with Crippen LogP contribution in [0.3, 0.4) is 0 Å². The highest BCUT2D eigenvalue weighted by Crippen LogP contribution is 2.18. The Bertz CT molecular complexity index is 1100. The Morgan fingerprint density at radius 2 is 1.72 bits per heavy atom. The van der Waals surface area contributed by atoms with Crippen molar-refractivity contribution in [3.05, 3.63) is 94.0 Å². The molecule has 0 aliphatic heterocycles. The van der Waals surface area contributed by atoms with E-state index in [2.05, 4.69) is 37.8 Å². The molecule has 32 heavy (non-hydrogen) atoms. The molecule has 0 unspecified atom stereocenters. The van der Waals surface area contributed by atoms with E-state index >= 15 is 0 Å². The fraction of sp³-hybridized carbons (Fsp3) is 0.160. The number of hydrogen-bond donors (Lipinski definition) is 2. The average molecular weight is 494 g/mol. The van der Waals surface area contributed by atoms with Crippen molar-refractivity contribution in [1.82, 2.24) is 5.43 Å². The third kappa shape index (κ3) is 7.67. The molecule has 0 spiro atoms. The molecule has 3 aromatic carbocycles. The third-order valence-corrected chi connectivity index (χ3v) is 5.02. The fourth-order valence-electron chi connectivity index (χ4n) is 2.90. The van der Waals surface area contributed by atoms with Crippen LogP contribution in [-0.4, -0.2) is 18.0 Å². The Labute approximate surface area is 195 Å². The van der Waals surface area contributed by atoms with Gasteiger partial charge in [-0.1, -0.05) is 57.9 Å².